The van der Waals surface area contributed by atoms with Gasteiger partial charge in [0.15, 0.2) is 0 Å². The molecule has 1 N–H and O–H groups in total. The summed E-state index contributed by atoms with van der Waals surface area (Å²) in [6.07, 6.45) is 0. The molecule has 0 bridgehead atoms. The summed E-state index contributed by atoms with van der Waals surface area (Å²) in [5, 5.41) is 4.22. The summed E-state index contributed by atoms with van der Waals surface area (Å²) in [6, 6.07) is 14.3. The van der Waals surface area contributed by atoms with Crippen LogP contribution in [0.1, 0.15) is 11.5 Å². The van der Waals surface area contributed by atoms with Gasteiger partial charge in [0.05, 0.1) is 12.1 Å². The molecule has 3 aromatic rings. The van der Waals surface area contributed by atoms with E-state index in [-0.39, 0.29) is 0 Å². The molecule has 0 aliphatic rings. The highest BCUT2D eigenvalue weighted by Crippen LogP contribution is 2.28. The summed E-state index contributed by atoms with van der Waals surface area (Å²) in [5.74, 6) is 1.80. The van der Waals surface area contributed by atoms with Crippen molar-refractivity contribution in [2.24, 2.45) is 0 Å². The van der Waals surface area contributed by atoms with Gasteiger partial charge in [-0.3, -0.25) is 4.98 Å². The van der Waals surface area contributed by atoms with Gasteiger partial charge >= 0.3 is 0 Å². The van der Waals surface area contributed by atoms with Crippen molar-refractivity contribution in [3.8, 4) is 11.3 Å². The second kappa shape index (κ2) is 4.86. The number of nitrogens with zero attached hydrogens (tertiary/aromatic N) is 1. The number of hydrogen-bond donors (Lipinski definition) is 1. The fraction of sp³-hybridized carbons (Fsp3) is 0.188. The monoisotopic (exact) mass is 252 g/mol. The highest BCUT2D eigenvalue weighted by atomic mass is 16.3. The van der Waals surface area contributed by atoms with Crippen LogP contribution < -0.4 is 5.32 Å². The van der Waals surface area contributed by atoms with Gasteiger partial charge in [-0.1, -0.05) is 18.2 Å². The van der Waals surface area contributed by atoms with Gasteiger partial charge in [0.25, 0.3) is 0 Å². The normalized spacial score (nSPS) is 11.1. The van der Waals surface area contributed by atoms with Crippen molar-refractivity contribution >= 4 is 10.9 Å². The summed E-state index contributed by atoms with van der Waals surface area (Å²) in [5.41, 5.74) is 3.05. The zero-order valence-corrected chi connectivity index (χ0v) is 11.1. The molecular formula is C16H16N2O. The summed E-state index contributed by atoms with van der Waals surface area (Å²) in [4.78, 5) is 4.63. The Kier molecular flexibility index (Phi) is 3.05. The zero-order chi connectivity index (χ0) is 13.2. The van der Waals surface area contributed by atoms with Crippen molar-refractivity contribution in [1.29, 1.82) is 0 Å². The molecule has 96 valence electrons. The van der Waals surface area contributed by atoms with E-state index < -0.39 is 0 Å². The Morgan fingerprint density at radius 1 is 1.11 bits per heavy atom. The second-order valence-electron chi connectivity index (χ2n) is 4.63. The molecule has 0 saturated carbocycles. The topological polar surface area (TPSA) is 38.1 Å². The predicted octanol–water partition coefficient (Wildman–Crippen LogP) is 3.52. The van der Waals surface area contributed by atoms with Gasteiger partial charge in [-0.25, -0.2) is 0 Å². The van der Waals surface area contributed by atoms with Crippen LogP contribution in [0.15, 0.2) is 46.9 Å². The summed E-state index contributed by atoms with van der Waals surface area (Å²) in [7, 11) is 1.91. The predicted molar refractivity (Wildman–Crippen MR) is 76.9 cm³/mol. The molecule has 0 aliphatic carbocycles. The standard InChI is InChI=1S/C16H16N2O/c1-11-6-7-12-4-3-5-14(16(12)18-11)15-9-8-13(19-15)10-17-2/h3-9,17H,10H2,1-2H3. The fourth-order valence-electron chi connectivity index (χ4n) is 2.24. The minimum Gasteiger partial charge on any atom is -0.460 e. The van der Waals surface area contributed by atoms with Crippen molar-refractivity contribution in [3.63, 3.8) is 0 Å². The number of hydrogen-bond acceptors (Lipinski definition) is 3. The van der Waals surface area contributed by atoms with Gasteiger partial charge in [0.1, 0.15) is 11.5 Å². The van der Waals surface area contributed by atoms with E-state index in [2.05, 4.69) is 28.5 Å². The maximum absolute atomic E-state index is 5.86. The van der Waals surface area contributed by atoms with Crippen molar-refractivity contribution in [2.75, 3.05) is 7.05 Å². The van der Waals surface area contributed by atoms with E-state index in [1.807, 2.05) is 38.2 Å². The molecule has 0 spiro atoms. The fourth-order valence-corrected chi connectivity index (χ4v) is 2.24. The first-order valence-corrected chi connectivity index (χ1v) is 6.38. The Morgan fingerprint density at radius 2 is 2.00 bits per heavy atom. The molecule has 0 unspecified atom stereocenters. The maximum atomic E-state index is 5.86. The number of aryl methyl sites for hydroxylation is 1. The Balaban J connectivity index is 2.15. The molecule has 0 radical (unpaired) electrons. The molecule has 3 rings (SSSR count). The maximum Gasteiger partial charge on any atom is 0.136 e. The zero-order valence-electron chi connectivity index (χ0n) is 11.1. The molecule has 0 amide bonds. The Hall–Kier alpha value is -2.13. The minimum atomic E-state index is 0.733. The molecule has 19 heavy (non-hydrogen) atoms. The smallest absolute Gasteiger partial charge is 0.136 e. The third kappa shape index (κ3) is 2.25. The Morgan fingerprint density at radius 3 is 2.84 bits per heavy atom. The number of fused-ring (bicyclic) bond motifs is 1. The van der Waals surface area contributed by atoms with Gasteiger partial charge in [-0.05, 0) is 38.2 Å². The van der Waals surface area contributed by atoms with Crippen molar-refractivity contribution < 1.29 is 4.42 Å². The summed E-state index contributed by atoms with van der Waals surface area (Å²) >= 11 is 0. The number of aromatic nitrogens is 1. The van der Waals surface area contributed by atoms with Gasteiger partial charge in [-0.15, -0.1) is 0 Å². The molecule has 1 aromatic carbocycles. The van der Waals surface area contributed by atoms with Gasteiger partial charge in [0.2, 0.25) is 0 Å². The Labute approximate surface area is 112 Å². The van der Waals surface area contributed by atoms with E-state index in [1.165, 1.54) is 0 Å². The van der Waals surface area contributed by atoms with Gasteiger partial charge < -0.3 is 9.73 Å². The lowest BCUT2D eigenvalue weighted by Gasteiger charge is -2.04. The van der Waals surface area contributed by atoms with E-state index in [1.54, 1.807) is 0 Å². The average molecular weight is 252 g/mol. The first kappa shape index (κ1) is 11.9. The van der Waals surface area contributed by atoms with Crippen LogP contribution >= 0.6 is 0 Å². The van der Waals surface area contributed by atoms with E-state index in [0.29, 0.717) is 0 Å². The van der Waals surface area contributed by atoms with E-state index >= 15 is 0 Å². The van der Waals surface area contributed by atoms with Crippen molar-refractivity contribution in [1.82, 2.24) is 10.3 Å². The van der Waals surface area contributed by atoms with E-state index in [4.69, 9.17) is 4.42 Å². The van der Waals surface area contributed by atoms with Gasteiger partial charge in [-0.2, -0.15) is 0 Å². The first-order valence-electron chi connectivity index (χ1n) is 6.38. The molecule has 0 fully saturated rings. The summed E-state index contributed by atoms with van der Waals surface area (Å²) < 4.78 is 5.86. The van der Waals surface area contributed by atoms with Crippen LogP contribution in [0.4, 0.5) is 0 Å². The number of furan rings is 1. The largest absolute Gasteiger partial charge is 0.460 e. The highest BCUT2D eigenvalue weighted by molar-refractivity contribution is 5.92. The first-order chi connectivity index (χ1) is 9.28. The lowest BCUT2D eigenvalue weighted by Crippen LogP contribution is -2.03. The molecule has 2 aromatic heterocycles. The van der Waals surface area contributed by atoms with Crippen LogP contribution in [0.2, 0.25) is 0 Å². The van der Waals surface area contributed by atoms with Crippen molar-refractivity contribution in [3.05, 3.63) is 53.9 Å². The number of nitrogens with one attached hydrogen (secondary N) is 1. The molecule has 0 aliphatic heterocycles. The molecular weight excluding hydrogens is 236 g/mol. The lowest BCUT2D eigenvalue weighted by atomic mass is 10.1. The van der Waals surface area contributed by atoms with Crippen LogP contribution in [0.3, 0.4) is 0 Å². The molecule has 0 atom stereocenters. The average Bonchev–Trinajstić information content (AvgIpc) is 2.87. The van der Waals surface area contributed by atoms with Crippen LogP contribution in [0, 0.1) is 6.92 Å². The molecule has 2 heterocycles. The number of pyridine rings is 1. The number of para-hydroxylation sites is 1. The van der Waals surface area contributed by atoms with Crippen LogP contribution in [-0.2, 0) is 6.54 Å². The number of benzene rings is 1. The number of rotatable bonds is 3. The van der Waals surface area contributed by atoms with Crippen LogP contribution in [0.25, 0.3) is 22.2 Å². The third-order valence-corrected chi connectivity index (χ3v) is 3.14. The van der Waals surface area contributed by atoms with E-state index in [0.717, 1.165) is 40.2 Å². The minimum absolute atomic E-state index is 0.733. The van der Waals surface area contributed by atoms with Crippen LogP contribution in [-0.4, -0.2) is 12.0 Å². The SMILES string of the molecule is CNCc1ccc(-c2cccc3ccc(C)nc23)o1. The quantitative estimate of drug-likeness (QED) is 0.775. The highest BCUT2D eigenvalue weighted by Gasteiger charge is 2.09. The summed E-state index contributed by atoms with van der Waals surface area (Å²) in [6.45, 7) is 2.74. The molecule has 3 heteroatoms. The Bertz CT molecular complexity index is 716. The molecule has 0 saturated heterocycles. The molecule has 3 nitrogen and oxygen atoms in total. The van der Waals surface area contributed by atoms with Crippen LogP contribution in [0.5, 0.6) is 0 Å². The van der Waals surface area contributed by atoms with E-state index in [9.17, 15) is 0 Å². The third-order valence-electron chi connectivity index (χ3n) is 3.14. The second-order valence-corrected chi connectivity index (χ2v) is 4.63. The lowest BCUT2D eigenvalue weighted by molar-refractivity contribution is 0.507. The van der Waals surface area contributed by atoms with Gasteiger partial charge in [0, 0.05) is 16.6 Å². The van der Waals surface area contributed by atoms with Crippen molar-refractivity contribution in [2.45, 2.75) is 13.5 Å².